The van der Waals surface area contributed by atoms with Crippen molar-refractivity contribution in [3.8, 4) is 5.75 Å². The van der Waals surface area contributed by atoms with Gasteiger partial charge in [-0.15, -0.1) is 12.4 Å². The molecule has 0 amide bonds. The molecule has 3 rings (SSSR count). The van der Waals surface area contributed by atoms with E-state index in [-0.39, 0.29) is 18.2 Å². The lowest BCUT2D eigenvalue weighted by Gasteiger charge is -2.35. The van der Waals surface area contributed by atoms with Crippen LogP contribution in [-0.4, -0.2) is 32.8 Å². The third-order valence-corrected chi connectivity index (χ3v) is 3.82. The van der Waals surface area contributed by atoms with Gasteiger partial charge in [-0.05, 0) is 44.0 Å². The molecular formula is C14H20ClFN2O. The van der Waals surface area contributed by atoms with Crippen molar-refractivity contribution in [2.24, 2.45) is 5.92 Å². The molecule has 1 N–H and O–H groups in total. The number of halogens is 2. The first-order chi connectivity index (χ1) is 8.83. The summed E-state index contributed by atoms with van der Waals surface area (Å²) in [4.78, 5) is 2.34. The van der Waals surface area contributed by atoms with E-state index in [0.717, 1.165) is 37.8 Å². The minimum absolute atomic E-state index is 0. The second-order valence-corrected chi connectivity index (χ2v) is 5.10. The molecule has 0 radical (unpaired) electrons. The number of ether oxygens (including phenoxy) is 1. The molecule has 5 heteroatoms. The Morgan fingerprint density at radius 1 is 1.32 bits per heavy atom. The van der Waals surface area contributed by atoms with E-state index in [4.69, 9.17) is 4.74 Å². The molecule has 106 valence electrons. The van der Waals surface area contributed by atoms with Crippen LogP contribution in [0.25, 0.3) is 0 Å². The van der Waals surface area contributed by atoms with Crippen LogP contribution in [0.2, 0.25) is 0 Å². The number of hydrogen-bond acceptors (Lipinski definition) is 3. The number of rotatable bonds is 2. The predicted molar refractivity (Wildman–Crippen MR) is 76.9 cm³/mol. The van der Waals surface area contributed by atoms with Gasteiger partial charge in [0, 0.05) is 12.6 Å². The summed E-state index contributed by atoms with van der Waals surface area (Å²) < 4.78 is 18.7. The Balaban J connectivity index is 0.00000133. The number of nitrogens with one attached hydrogen (secondary N) is 1. The molecule has 19 heavy (non-hydrogen) atoms. The maximum Gasteiger partial charge on any atom is 0.145 e. The zero-order valence-electron chi connectivity index (χ0n) is 10.9. The zero-order chi connectivity index (χ0) is 12.4. The number of piperidine rings is 1. The molecule has 2 aliphatic heterocycles. The first-order valence-electron chi connectivity index (χ1n) is 6.71. The van der Waals surface area contributed by atoms with Crippen LogP contribution in [0.1, 0.15) is 12.8 Å². The van der Waals surface area contributed by atoms with Crippen molar-refractivity contribution in [1.82, 2.24) is 5.32 Å². The predicted octanol–water partition coefficient (Wildman–Crippen LogP) is 2.45. The van der Waals surface area contributed by atoms with E-state index < -0.39 is 0 Å². The van der Waals surface area contributed by atoms with Gasteiger partial charge in [0.05, 0.1) is 12.2 Å². The average molecular weight is 287 g/mol. The van der Waals surface area contributed by atoms with Crippen molar-refractivity contribution in [3.05, 3.63) is 24.0 Å². The fourth-order valence-corrected chi connectivity index (χ4v) is 2.82. The second-order valence-electron chi connectivity index (χ2n) is 5.10. The summed E-state index contributed by atoms with van der Waals surface area (Å²) in [5, 5.41) is 3.39. The Morgan fingerprint density at radius 3 is 2.89 bits per heavy atom. The molecule has 2 aliphatic rings. The Labute approximate surface area is 119 Å². The van der Waals surface area contributed by atoms with Crippen LogP contribution in [-0.2, 0) is 0 Å². The molecule has 3 nitrogen and oxygen atoms in total. The maximum absolute atomic E-state index is 13.2. The number of hydrogen-bond donors (Lipinski definition) is 1. The Hall–Kier alpha value is -1.00. The van der Waals surface area contributed by atoms with Gasteiger partial charge in [-0.1, -0.05) is 0 Å². The molecule has 0 atom stereocenters. The smallest absolute Gasteiger partial charge is 0.145 e. The average Bonchev–Trinajstić information content (AvgIpc) is 2.40. The molecule has 0 saturated carbocycles. The van der Waals surface area contributed by atoms with Crippen LogP contribution in [0, 0.1) is 11.7 Å². The van der Waals surface area contributed by atoms with Crippen LogP contribution in [0.5, 0.6) is 5.75 Å². The number of fused-ring (bicyclic) bond motifs is 1. The van der Waals surface area contributed by atoms with Crippen LogP contribution < -0.4 is 15.0 Å². The molecule has 0 aromatic heterocycles. The van der Waals surface area contributed by atoms with Gasteiger partial charge in [-0.2, -0.15) is 0 Å². The standard InChI is InChI=1S/C14H19FN2O.ClH/c15-12-1-2-13-14(9-12)18-8-7-17(13)10-11-3-5-16-6-4-11;/h1-2,9,11,16H,3-8,10H2;1H. The maximum atomic E-state index is 13.2. The number of anilines is 1. The van der Waals surface area contributed by atoms with Crippen molar-refractivity contribution in [1.29, 1.82) is 0 Å². The molecule has 0 bridgehead atoms. The molecule has 1 aromatic carbocycles. The topological polar surface area (TPSA) is 24.5 Å². The lowest BCUT2D eigenvalue weighted by molar-refractivity contribution is 0.293. The molecule has 2 heterocycles. The molecule has 0 unspecified atom stereocenters. The fourth-order valence-electron chi connectivity index (χ4n) is 2.82. The minimum atomic E-state index is -0.225. The normalized spacial score (nSPS) is 19.3. The third kappa shape index (κ3) is 3.31. The minimum Gasteiger partial charge on any atom is -0.489 e. The second kappa shape index (κ2) is 6.44. The lowest BCUT2D eigenvalue weighted by Crippen LogP contribution is -2.40. The Kier molecular flexibility index (Phi) is 4.88. The van der Waals surface area contributed by atoms with Crippen molar-refractivity contribution in [2.45, 2.75) is 12.8 Å². The highest BCUT2D eigenvalue weighted by atomic mass is 35.5. The van der Waals surface area contributed by atoms with E-state index in [2.05, 4.69) is 10.2 Å². The first kappa shape index (κ1) is 14.4. The molecule has 1 aromatic rings. The molecule has 1 saturated heterocycles. The van der Waals surface area contributed by atoms with Gasteiger partial charge in [-0.3, -0.25) is 0 Å². The van der Waals surface area contributed by atoms with Crippen molar-refractivity contribution in [2.75, 3.05) is 37.7 Å². The van der Waals surface area contributed by atoms with Gasteiger partial charge in [0.1, 0.15) is 18.2 Å². The van der Waals surface area contributed by atoms with E-state index >= 15 is 0 Å². The summed E-state index contributed by atoms with van der Waals surface area (Å²) in [6.07, 6.45) is 2.46. The van der Waals surface area contributed by atoms with Gasteiger partial charge >= 0.3 is 0 Å². The van der Waals surface area contributed by atoms with E-state index in [1.807, 2.05) is 6.07 Å². The summed E-state index contributed by atoms with van der Waals surface area (Å²) in [5.74, 6) is 1.20. The summed E-state index contributed by atoms with van der Waals surface area (Å²) in [7, 11) is 0. The van der Waals surface area contributed by atoms with E-state index in [1.54, 1.807) is 0 Å². The third-order valence-electron chi connectivity index (χ3n) is 3.82. The summed E-state index contributed by atoms with van der Waals surface area (Å²) in [6, 6.07) is 4.85. The summed E-state index contributed by atoms with van der Waals surface area (Å²) in [6.45, 7) is 4.85. The van der Waals surface area contributed by atoms with Crippen LogP contribution in [0.3, 0.4) is 0 Å². The number of nitrogens with zero attached hydrogens (tertiary/aromatic N) is 1. The summed E-state index contributed by atoms with van der Waals surface area (Å²) in [5.41, 5.74) is 1.04. The van der Waals surface area contributed by atoms with Crippen LogP contribution >= 0.6 is 12.4 Å². The zero-order valence-corrected chi connectivity index (χ0v) is 11.7. The monoisotopic (exact) mass is 286 g/mol. The molecule has 0 spiro atoms. The summed E-state index contributed by atoms with van der Waals surface area (Å²) >= 11 is 0. The van der Waals surface area contributed by atoms with Crippen molar-refractivity contribution in [3.63, 3.8) is 0 Å². The Bertz CT molecular complexity index is 424. The molecule has 1 fully saturated rings. The van der Waals surface area contributed by atoms with Gasteiger partial charge in [-0.25, -0.2) is 4.39 Å². The van der Waals surface area contributed by atoms with E-state index in [0.29, 0.717) is 12.4 Å². The SMILES string of the molecule is Cl.Fc1ccc2c(c1)OCCN2CC1CCNCC1. The van der Waals surface area contributed by atoms with E-state index in [9.17, 15) is 4.39 Å². The quantitative estimate of drug-likeness (QED) is 0.904. The highest BCUT2D eigenvalue weighted by molar-refractivity contribution is 5.85. The highest BCUT2D eigenvalue weighted by Gasteiger charge is 2.22. The van der Waals surface area contributed by atoms with Crippen molar-refractivity contribution < 1.29 is 9.13 Å². The van der Waals surface area contributed by atoms with Gasteiger partial charge in [0.15, 0.2) is 0 Å². The molecular weight excluding hydrogens is 267 g/mol. The van der Waals surface area contributed by atoms with Gasteiger partial charge < -0.3 is 15.0 Å². The van der Waals surface area contributed by atoms with Crippen LogP contribution in [0.4, 0.5) is 10.1 Å². The Morgan fingerprint density at radius 2 is 2.11 bits per heavy atom. The fraction of sp³-hybridized carbons (Fsp3) is 0.571. The number of benzene rings is 1. The van der Waals surface area contributed by atoms with Gasteiger partial charge in [0.2, 0.25) is 0 Å². The van der Waals surface area contributed by atoms with E-state index in [1.165, 1.54) is 25.0 Å². The highest BCUT2D eigenvalue weighted by Crippen LogP contribution is 2.33. The lowest BCUT2D eigenvalue weighted by atomic mass is 9.97. The van der Waals surface area contributed by atoms with Crippen molar-refractivity contribution >= 4 is 18.1 Å². The van der Waals surface area contributed by atoms with Crippen LogP contribution in [0.15, 0.2) is 18.2 Å². The van der Waals surface area contributed by atoms with Gasteiger partial charge in [0.25, 0.3) is 0 Å². The first-order valence-corrected chi connectivity index (χ1v) is 6.71. The molecule has 0 aliphatic carbocycles. The largest absolute Gasteiger partial charge is 0.489 e.